The molecule has 0 saturated heterocycles. The number of rotatable bonds is 6. The van der Waals surface area contributed by atoms with E-state index in [-0.39, 0.29) is 6.54 Å². The minimum Gasteiger partial charge on any atom is -0.375 e. The number of hydrogen-bond acceptors (Lipinski definition) is 4. The van der Waals surface area contributed by atoms with E-state index in [1.165, 1.54) is 18.4 Å². The second-order valence-corrected chi connectivity index (χ2v) is 7.65. The normalized spacial score (nSPS) is 13.3. The van der Waals surface area contributed by atoms with Gasteiger partial charge in [-0.05, 0) is 31.2 Å². The summed E-state index contributed by atoms with van der Waals surface area (Å²) >= 11 is 1.49. The number of thiophene rings is 1. The molecule has 0 aliphatic carbocycles. The summed E-state index contributed by atoms with van der Waals surface area (Å²) in [5.41, 5.74) is 0. The van der Waals surface area contributed by atoms with Crippen molar-refractivity contribution in [1.82, 2.24) is 4.72 Å². The lowest BCUT2D eigenvalue weighted by atomic mass is 10.3. The summed E-state index contributed by atoms with van der Waals surface area (Å²) in [5.74, 6) is -1.96. The fourth-order valence-electron chi connectivity index (χ4n) is 1.88. The van der Waals surface area contributed by atoms with E-state index in [9.17, 15) is 17.2 Å². The third-order valence-corrected chi connectivity index (χ3v) is 5.55. The molecule has 4 nitrogen and oxygen atoms in total. The SMILES string of the molecule is COC(CNS(=O)(=O)c1ccc(F)cc1F)c1ccc(C)s1. The van der Waals surface area contributed by atoms with Gasteiger partial charge in [0.15, 0.2) is 0 Å². The molecule has 1 atom stereocenters. The second kappa shape index (κ2) is 6.82. The zero-order chi connectivity index (χ0) is 16.3. The largest absolute Gasteiger partial charge is 0.375 e. The van der Waals surface area contributed by atoms with Crippen molar-refractivity contribution >= 4 is 21.4 Å². The number of hydrogen-bond donors (Lipinski definition) is 1. The highest BCUT2D eigenvalue weighted by atomic mass is 32.2. The molecule has 8 heteroatoms. The van der Waals surface area contributed by atoms with Crippen LogP contribution in [0.1, 0.15) is 15.9 Å². The summed E-state index contributed by atoms with van der Waals surface area (Å²) in [7, 11) is -2.62. The first kappa shape index (κ1) is 17.0. The summed E-state index contributed by atoms with van der Waals surface area (Å²) in [6.07, 6.45) is -0.475. The van der Waals surface area contributed by atoms with Crippen LogP contribution in [0.5, 0.6) is 0 Å². The lowest BCUT2D eigenvalue weighted by molar-refractivity contribution is 0.110. The van der Waals surface area contributed by atoms with E-state index in [1.807, 2.05) is 19.1 Å². The first-order chi connectivity index (χ1) is 10.3. The van der Waals surface area contributed by atoms with Gasteiger partial charge in [-0.25, -0.2) is 21.9 Å². The number of methoxy groups -OCH3 is 1. The molecule has 1 unspecified atom stereocenters. The summed E-state index contributed by atoms with van der Waals surface area (Å²) in [6, 6.07) is 6.07. The van der Waals surface area contributed by atoms with E-state index in [2.05, 4.69) is 4.72 Å². The number of aryl methyl sites for hydroxylation is 1. The van der Waals surface area contributed by atoms with Crippen LogP contribution in [0.15, 0.2) is 35.2 Å². The Bertz CT molecular complexity index is 759. The van der Waals surface area contributed by atoms with Crippen molar-refractivity contribution < 1.29 is 21.9 Å². The van der Waals surface area contributed by atoms with Gasteiger partial charge in [0.25, 0.3) is 0 Å². The molecule has 1 aromatic heterocycles. The first-order valence-electron chi connectivity index (χ1n) is 6.37. The van der Waals surface area contributed by atoms with Gasteiger partial charge in [-0.3, -0.25) is 0 Å². The molecule has 0 radical (unpaired) electrons. The highest BCUT2D eigenvalue weighted by molar-refractivity contribution is 7.89. The van der Waals surface area contributed by atoms with Crippen LogP contribution < -0.4 is 4.72 Å². The Morgan fingerprint density at radius 3 is 2.55 bits per heavy atom. The Hall–Kier alpha value is -1.35. The topological polar surface area (TPSA) is 55.4 Å². The van der Waals surface area contributed by atoms with E-state index < -0.39 is 32.7 Å². The van der Waals surface area contributed by atoms with Crippen molar-refractivity contribution in [3.63, 3.8) is 0 Å². The van der Waals surface area contributed by atoms with E-state index in [4.69, 9.17) is 4.74 Å². The predicted molar refractivity (Wildman–Crippen MR) is 80.4 cm³/mol. The van der Waals surface area contributed by atoms with Gasteiger partial charge in [0, 0.05) is 29.5 Å². The fraction of sp³-hybridized carbons (Fsp3) is 0.286. The number of halogens is 2. The molecule has 0 aliphatic rings. The molecular formula is C14H15F2NO3S2. The van der Waals surface area contributed by atoms with E-state index in [1.54, 1.807) is 0 Å². The Morgan fingerprint density at radius 1 is 1.27 bits per heavy atom. The standard InChI is InChI=1S/C14H15F2NO3S2/c1-9-3-5-13(21-9)12(20-2)8-17-22(18,19)14-6-4-10(15)7-11(14)16/h3-7,12,17H,8H2,1-2H3. The Balaban J connectivity index is 2.14. The van der Waals surface area contributed by atoms with Gasteiger partial charge < -0.3 is 4.74 Å². The number of ether oxygens (including phenoxy) is 1. The van der Waals surface area contributed by atoms with Crippen LogP contribution in [-0.4, -0.2) is 22.1 Å². The van der Waals surface area contributed by atoms with Gasteiger partial charge in [-0.1, -0.05) is 0 Å². The van der Waals surface area contributed by atoms with Crippen LogP contribution in [0.4, 0.5) is 8.78 Å². The van der Waals surface area contributed by atoms with Gasteiger partial charge in [0.2, 0.25) is 10.0 Å². The first-order valence-corrected chi connectivity index (χ1v) is 8.67. The highest BCUT2D eigenvalue weighted by Gasteiger charge is 2.22. The maximum absolute atomic E-state index is 13.6. The number of benzene rings is 1. The molecular weight excluding hydrogens is 332 g/mol. The molecule has 1 heterocycles. The maximum atomic E-state index is 13.6. The van der Waals surface area contributed by atoms with Crippen molar-refractivity contribution in [3.05, 3.63) is 51.7 Å². The molecule has 0 aliphatic heterocycles. The molecule has 1 aromatic carbocycles. The Labute approximate surface area is 131 Å². The van der Waals surface area contributed by atoms with Crippen LogP contribution in [-0.2, 0) is 14.8 Å². The van der Waals surface area contributed by atoms with Crippen molar-refractivity contribution in [1.29, 1.82) is 0 Å². The van der Waals surface area contributed by atoms with Crippen molar-refractivity contribution in [2.45, 2.75) is 17.9 Å². The molecule has 0 fully saturated rings. The van der Waals surface area contributed by atoms with Crippen LogP contribution >= 0.6 is 11.3 Å². The smallest absolute Gasteiger partial charge is 0.243 e. The summed E-state index contributed by atoms with van der Waals surface area (Å²) in [5, 5.41) is 0. The summed E-state index contributed by atoms with van der Waals surface area (Å²) < 4.78 is 58.2. The van der Waals surface area contributed by atoms with Crippen molar-refractivity contribution in [3.8, 4) is 0 Å². The van der Waals surface area contributed by atoms with Crippen molar-refractivity contribution in [2.75, 3.05) is 13.7 Å². The quantitative estimate of drug-likeness (QED) is 0.874. The third-order valence-electron chi connectivity index (χ3n) is 3.01. The zero-order valence-corrected chi connectivity index (χ0v) is 13.6. The maximum Gasteiger partial charge on any atom is 0.243 e. The van der Waals surface area contributed by atoms with Crippen molar-refractivity contribution in [2.24, 2.45) is 0 Å². The number of nitrogens with one attached hydrogen (secondary N) is 1. The van der Waals surface area contributed by atoms with Gasteiger partial charge in [0.05, 0.1) is 0 Å². The number of sulfonamides is 1. The minimum atomic E-state index is -4.08. The average molecular weight is 347 g/mol. The molecule has 22 heavy (non-hydrogen) atoms. The molecule has 2 rings (SSSR count). The van der Waals surface area contributed by atoms with Crippen LogP contribution in [0.2, 0.25) is 0 Å². The molecule has 0 bridgehead atoms. The van der Waals surface area contributed by atoms with E-state index in [0.717, 1.165) is 21.9 Å². The molecule has 0 saturated carbocycles. The molecule has 120 valence electrons. The van der Waals surface area contributed by atoms with Gasteiger partial charge in [-0.15, -0.1) is 11.3 Å². The van der Waals surface area contributed by atoms with E-state index >= 15 is 0 Å². The monoisotopic (exact) mass is 347 g/mol. The van der Waals surface area contributed by atoms with Gasteiger partial charge >= 0.3 is 0 Å². The molecule has 0 spiro atoms. The van der Waals surface area contributed by atoms with Crippen LogP contribution in [0.25, 0.3) is 0 Å². The van der Waals surface area contributed by atoms with Crippen LogP contribution in [0, 0.1) is 18.6 Å². The highest BCUT2D eigenvalue weighted by Crippen LogP contribution is 2.25. The minimum absolute atomic E-state index is 0.0460. The summed E-state index contributed by atoms with van der Waals surface area (Å²) in [4.78, 5) is 1.35. The predicted octanol–water partition coefficient (Wildman–Crippen LogP) is 3.00. The molecule has 1 N–H and O–H groups in total. The van der Waals surface area contributed by atoms with E-state index in [0.29, 0.717) is 6.07 Å². The second-order valence-electron chi connectivity index (χ2n) is 4.60. The Kier molecular flexibility index (Phi) is 5.28. The summed E-state index contributed by atoms with van der Waals surface area (Å²) in [6.45, 7) is 1.88. The fourth-order valence-corrected chi connectivity index (χ4v) is 3.93. The zero-order valence-electron chi connectivity index (χ0n) is 12.0. The van der Waals surface area contributed by atoms with Crippen LogP contribution in [0.3, 0.4) is 0 Å². The molecule has 2 aromatic rings. The lowest BCUT2D eigenvalue weighted by Crippen LogP contribution is -2.29. The lowest BCUT2D eigenvalue weighted by Gasteiger charge is -2.15. The third kappa shape index (κ3) is 3.89. The Morgan fingerprint density at radius 2 is 2.00 bits per heavy atom. The van der Waals surface area contributed by atoms with Gasteiger partial charge in [-0.2, -0.15) is 0 Å². The van der Waals surface area contributed by atoms with Gasteiger partial charge in [0.1, 0.15) is 22.6 Å². The average Bonchev–Trinajstić information content (AvgIpc) is 2.85. The molecule has 0 amide bonds.